The first-order valence-electron chi connectivity index (χ1n) is 4.22. The van der Waals surface area contributed by atoms with Crippen molar-refractivity contribution >= 4 is 9.73 Å². The summed E-state index contributed by atoms with van der Waals surface area (Å²) in [6.45, 7) is 0. The Kier molecular flexibility index (Phi) is 3.66. The number of hydrogen-bond acceptors (Lipinski definition) is 3. The molecular weight excluding hydrogens is 196 g/mol. The lowest BCUT2D eigenvalue weighted by molar-refractivity contribution is 0.678. The highest BCUT2D eigenvalue weighted by Gasteiger charge is 2.07. The van der Waals surface area contributed by atoms with Crippen LogP contribution in [0.25, 0.3) is 0 Å². The summed E-state index contributed by atoms with van der Waals surface area (Å²) in [4.78, 5) is 0. The summed E-state index contributed by atoms with van der Waals surface area (Å²) >= 11 is 0. The number of nitriles is 1. The molecule has 74 valence electrons. The van der Waals surface area contributed by atoms with Crippen LogP contribution in [-0.4, -0.2) is 17.0 Å². The standard InChI is InChI=1S/C10H12N2OS/c1-12-14(13,8-7-11)9-10-5-3-2-4-6-10/h2-6H,8-9H2,1H3. The average molecular weight is 208 g/mol. The minimum Gasteiger partial charge on any atom is -0.248 e. The van der Waals surface area contributed by atoms with Gasteiger partial charge in [0.05, 0.1) is 21.6 Å². The summed E-state index contributed by atoms with van der Waals surface area (Å²) in [5.74, 6) is 0.357. The normalized spacial score (nSPS) is 14.0. The van der Waals surface area contributed by atoms with Crippen LogP contribution in [0.15, 0.2) is 34.7 Å². The molecule has 0 aliphatic carbocycles. The molecule has 0 spiro atoms. The van der Waals surface area contributed by atoms with Crippen LogP contribution in [0.2, 0.25) is 0 Å². The summed E-state index contributed by atoms with van der Waals surface area (Å²) in [5, 5.41) is 8.52. The molecule has 1 aromatic rings. The lowest BCUT2D eigenvalue weighted by atomic mass is 10.2. The number of nitrogens with zero attached hydrogens (tertiary/aromatic N) is 2. The molecule has 1 unspecified atom stereocenters. The van der Waals surface area contributed by atoms with E-state index in [2.05, 4.69) is 4.36 Å². The van der Waals surface area contributed by atoms with Crippen molar-refractivity contribution < 1.29 is 4.21 Å². The van der Waals surface area contributed by atoms with Crippen LogP contribution in [0.1, 0.15) is 5.56 Å². The molecule has 0 saturated carbocycles. The molecule has 0 saturated heterocycles. The van der Waals surface area contributed by atoms with Gasteiger partial charge in [-0.1, -0.05) is 30.3 Å². The second-order valence-electron chi connectivity index (χ2n) is 2.89. The Bertz CT molecular complexity index is 439. The molecule has 0 heterocycles. The van der Waals surface area contributed by atoms with Crippen molar-refractivity contribution in [3.05, 3.63) is 35.9 Å². The molecule has 0 aliphatic heterocycles. The predicted octanol–water partition coefficient (Wildman–Crippen LogP) is 1.81. The van der Waals surface area contributed by atoms with E-state index in [1.807, 2.05) is 36.4 Å². The first-order valence-corrected chi connectivity index (χ1v) is 6.07. The quantitative estimate of drug-likeness (QED) is 0.760. The minimum atomic E-state index is -2.37. The third-order valence-electron chi connectivity index (χ3n) is 1.86. The minimum absolute atomic E-state index is 0.00159. The lowest BCUT2D eigenvalue weighted by Crippen LogP contribution is -2.07. The zero-order valence-electron chi connectivity index (χ0n) is 8.01. The first kappa shape index (κ1) is 10.7. The summed E-state index contributed by atoms with van der Waals surface area (Å²) in [6.07, 6.45) is 0. The van der Waals surface area contributed by atoms with Crippen molar-refractivity contribution in [2.75, 3.05) is 12.8 Å². The highest BCUT2D eigenvalue weighted by Crippen LogP contribution is 2.07. The van der Waals surface area contributed by atoms with Crippen molar-refractivity contribution in [2.45, 2.75) is 5.75 Å². The number of benzene rings is 1. The number of hydrogen-bond donors (Lipinski definition) is 0. The van der Waals surface area contributed by atoms with Gasteiger partial charge in [0.25, 0.3) is 0 Å². The zero-order valence-corrected chi connectivity index (χ0v) is 8.83. The molecule has 14 heavy (non-hydrogen) atoms. The van der Waals surface area contributed by atoms with Gasteiger partial charge in [-0.15, -0.1) is 0 Å². The van der Waals surface area contributed by atoms with E-state index in [1.165, 1.54) is 7.05 Å². The lowest BCUT2D eigenvalue weighted by Gasteiger charge is -2.04. The summed E-state index contributed by atoms with van der Waals surface area (Å²) in [7, 11) is -0.864. The third kappa shape index (κ3) is 2.86. The molecule has 4 heteroatoms. The summed E-state index contributed by atoms with van der Waals surface area (Å²) in [6, 6.07) is 11.4. The Labute approximate surface area is 84.6 Å². The molecule has 0 fully saturated rings. The monoisotopic (exact) mass is 208 g/mol. The fourth-order valence-electron chi connectivity index (χ4n) is 1.12. The molecule has 0 amide bonds. The van der Waals surface area contributed by atoms with Gasteiger partial charge in [-0.2, -0.15) is 5.26 Å². The Hall–Kier alpha value is -1.34. The topological polar surface area (TPSA) is 53.2 Å². The molecule has 0 bridgehead atoms. The van der Waals surface area contributed by atoms with Crippen LogP contribution < -0.4 is 0 Å². The van der Waals surface area contributed by atoms with Crippen LogP contribution in [0.5, 0.6) is 0 Å². The maximum Gasteiger partial charge on any atom is 0.119 e. The van der Waals surface area contributed by atoms with Crippen molar-refractivity contribution in [3.63, 3.8) is 0 Å². The average Bonchev–Trinajstić information content (AvgIpc) is 2.20. The van der Waals surface area contributed by atoms with E-state index in [1.54, 1.807) is 0 Å². The van der Waals surface area contributed by atoms with E-state index in [-0.39, 0.29) is 5.75 Å². The SMILES string of the molecule is CN=S(=O)(CC#N)Cc1ccccc1. The van der Waals surface area contributed by atoms with Gasteiger partial charge in [0.15, 0.2) is 0 Å². The second kappa shape index (κ2) is 4.77. The number of rotatable bonds is 3. The van der Waals surface area contributed by atoms with Crippen LogP contribution in [0.3, 0.4) is 0 Å². The Morgan fingerprint density at radius 2 is 2.07 bits per heavy atom. The van der Waals surface area contributed by atoms with Crippen LogP contribution in [0, 0.1) is 11.3 Å². The highest BCUT2D eigenvalue weighted by molar-refractivity contribution is 7.93. The molecule has 0 aliphatic rings. The maximum absolute atomic E-state index is 11.9. The molecule has 0 radical (unpaired) electrons. The Morgan fingerprint density at radius 3 is 2.57 bits per heavy atom. The van der Waals surface area contributed by atoms with Gasteiger partial charge >= 0.3 is 0 Å². The van der Waals surface area contributed by atoms with Crippen LogP contribution >= 0.6 is 0 Å². The van der Waals surface area contributed by atoms with Crippen molar-refractivity contribution in [1.29, 1.82) is 5.26 Å². The van der Waals surface area contributed by atoms with Gasteiger partial charge in [-0.3, -0.25) is 0 Å². The molecular formula is C10H12N2OS. The van der Waals surface area contributed by atoms with E-state index in [0.29, 0.717) is 5.75 Å². The summed E-state index contributed by atoms with van der Waals surface area (Å²) < 4.78 is 15.7. The van der Waals surface area contributed by atoms with Gasteiger partial charge in [-0.05, 0) is 5.56 Å². The molecule has 1 rings (SSSR count). The third-order valence-corrected chi connectivity index (χ3v) is 3.89. The second-order valence-corrected chi connectivity index (χ2v) is 5.38. The van der Waals surface area contributed by atoms with Gasteiger partial charge < -0.3 is 0 Å². The van der Waals surface area contributed by atoms with Gasteiger partial charge in [-0.25, -0.2) is 8.57 Å². The molecule has 0 aromatic heterocycles. The van der Waals surface area contributed by atoms with Crippen LogP contribution in [-0.2, 0) is 15.5 Å². The van der Waals surface area contributed by atoms with E-state index >= 15 is 0 Å². The van der Waals surface area contributed by atoms with Gasteiger partial charge in [0, 0.05) is 7.05 Å². The van der Waals surface area contributed by atoms with E-state index in [9.17, 15) is 4.21 Å². The van der Waals surface area contributed by atoms with Crippen molar-refractivity contribution in [2.24, 2.45) is 4.36 Å². The molecule has 3 nitrogen and oxygen atoms in total. The van der Waals surface area contributed by atoms with Gasteiger partial charge in [0.1, 0.15) is 5.75 Å². The maximum atomic E-state index is 11.9. The first-order chi connectivity index (χ1) is 6.70. The molecule has 0 N–H and O–H groups in total. The fourth-order valence-corrected chi connectivity index (χ4v) is 2.39. The van der Waals surface area contributed by atoms with Crippen molar-refractivity contribution in [1.82, 2.24) is 0 Å². The van der Waals surface area contributed by atoms with Crippen LogP contribution in [0.4, 0.5) is 0 Å². The van der Waals surface area contributed by atoms with E-state index < -0.39 is 9.73 Å². The Morgan fingerprint density at radius 1 is 1.43 bits per heavy atom. The van der Waals surface area contributed by atoms with E-state index in [0.717, 1.165) is 5.56 Å². The van der Waals surface area contributed by atoms with Gasteiger partial charge in [0.2, 0.25) is 0 Å². The fraction of sp³-hybridized carbons (Fsp3) is 0.300. The Balaban J connectivity index is 2.89. The van der Waals surface area contributed by atoms with E-state index in [4.69, 9.17) is 5.26 Å². The zero-order chi connectivity index (χ0) is 10.4. The highest BCUT2D eigenvalue weighted by atomic mass is 32.2. The smallest absolute Gasteiger partial charge is 0.119 e. The molecule has 1 aromatic carbocycles. The largest absolute Gasteiger partial charge is 0.248 e. The molecule has 1 atom stereocenters. The summed E-state index contributed by atoms with van der Waals surface area (Å²) in [5.41, 5.74) is 0.957. The van der Waals surface area contributed by atoms with Crippen molar-refractivity contribution in [3.8, 4) is 6.07 Å². The predicted molar refractivity (Wildman–Crippen MR) is 57.1 cm³/mol.